The molecule has 0 aliphatic carbocycles. The Bertz CT molecular complexity index is 520. The Morgan fingerprint density at radius 3 is 2.75 bits per heavy atom. The van der Waals surface area contributed by atoms with E-state index in [0.29, 0.717) is 18.8 Å². The number of aryl methyl sites for hydroxylation is 2. The first-order chi connectivity index (χ1) is 11.6. The van der Waals surface area contributed by atoms with Gasteiger partial charge in [-0.1, -0.05) is 23.8 Å². The fraction of sp³-hybridized carbons (Fsp3) is 0.700. The lowest BCUT2D eigenvalue weighted by atomic mass is 9.99. The van der Waals surface area contributed by atoms with Crippen LogP contribution in [0, 0.1) is 13.8 Å². The van der Waals surface area contributed by atoms with Crippen LogP contribution < -0.4 is 0 Å². The zero-order chi connectivity index (χ0) is 16.9. The Labute approximate surface area is 145 Å². The molecule has 0 unspecified atom stereocenters. The summed E-state index contributed by atoms with van der Waals surface area (Å²) < 4.78 is 11.6. The highest BCUT2D eigenvalue weighted by Crippen LogP contribution is 2.23. The van der Waals surface area contributed by atoms with Crippen molar-refractivity contribution in [2.75, 3.05) is 32.8 Å². The van der Waals surface area contributed by atoms with Crippen molar-refractivity contribution in [1.82, 2.24) is 4.90 Å². The lowest BCUT2D eigenvalue weighted by Crippen LogP contribution is -2.40. The Balaban J connectivity index is 1.42. The van der Waals surface area contributed by atoms with Gasteiger partial charge in [-0.15, -0.1) is 0 Å². The van der Waals surface area contributed by atoms with Crippen LogP contribution in [0.1, 0.15) is 48.5 Å². The van der Waals surface area contributed by atoms with Gasteiger partial charge in [-0.2, -0.15) is 0 Å². The van der Waals surface area contributed by atoms with Gasteiger partial charge in [0.2, 0.25) is 0 Å². The minimum absolute atomic E-state index is 0.314. The molecule has 0 aromatic heterocycles. The second-order valence-electron chi connectivity index (χ2n) is 7.34. The van der Waals surface area contributed by atoms with Crippen molar-refractivity contribution in [3.8, 4) is 0 Å². The zero-order valence-corrected chi connectivity index (χ0v) is 15.0. The topological polar surface area (TPSA) is 41.9 Å². The maximum absolute atomic E-state index is 10.6. The fourth-order valence-electron chi connectivity index (χ4n) is 3.74. The van der Waals surface area contributed by atoms with Crippen molar-refractivity contribution >= 4 is 0 Å². The molecule has 2 aliphatic heterocycles. The van der Waals surface area contributed by atoms with E-state index in [2.05, 4.69) is 36.9 Å². The maximum atomic E-state index is 10.6. The molecule has 2 atom stereocenters. The third-order valence-corrected chi connectivity index (χ3v) is 5.30. The summed E-state index contributed by atoms with van der Waals surface area (Å²) in [5, 5.41) is 10.6. The first-order valence-corrected chi connectivity index (χ1v) is 9.32. The van der Waals surface area contributed by atoms with Crippen LogP contribution in [0.2, 0.25) is 0 Å². The van der Waals surface area contributed by atoms with Gasteiger partial charge in [0.1, 0.15) is 0 Å². The van der Waals surface area contributed by atoms with Crippen LogP contribution in [0.4, 0.5) is 0 Å². The molecule has 2 heterocycles. The van der Waals surface area contributed by atoms with Gasteiger partial charge in [-0.3, -0.25) is 0 Å². The average molecular weight is 333 g/mol. The summed E-state index contributed by atoms with van der Waals surface area (Å²) in [5.41, 5.74) is 3.44. The van der Waals surface area contributed by atoms with E-state index < -0.39 is 6.10 Å². The monoisotopic (exact) mass is 333 g/mol. The maximum Gasteiger partial charge on any atom is 0.0919 e. The number of likely N-dealkylation sites (tertiary alicyclic amines) is 1. The van der Waals surface area contributed by atoms with Crippen molar-refractivity contribution in [2.45, 2.75) is 57.8 Å². The van der Waals surface area contributed by atoms with Gasteiger partial charge in [0.25, 0.3) is 0 Å². The summed E-state index contributed by atoms with van der Waals surface area (Å²) in [7, 11) is 0. The number of piperidine rings is 1. The molecule has 2 fully saturated rings. The van der Waals surface area contributed by atoms with Crippen molar-refractivity contribution < 1.29 is 14.6 Å². The number of hydrogen-bond donors (Lipinski definition) is 1. The van der Waals surface area contributed by atoms with Gasteiger partial charge in [0.15, 0.2) is 0 Å². The van der Waals surface area contributed by atoms with Crippen LogP contribution >= 0.6 is 0 Å². The molecule has 0 spiro atoms. The molecule has 4 nitrogen and oxygen atoms in total. The van der Waals surface area contributed by atoms with Crippen molar-refractivity contribution in [2.24, 2.45) is 0 Å². The first-order valence-electron chi connectivity index (χ1n) is 9.32. The van der Waals surface area contributed by atoms with Crippen LogP contribution in [-0.4, -0.2) is 55.1 Å². The van der Waals surface area contributed by atoms with Crippen LogP contribution in [0.25, 0.3) is 0 Å². The fourth-order valence-corrected chi connectivity index (χ4v) is 3.74. The second-order valence-corrected chi connectivity index (χ2v) is 7.34. The van der Waals surface area contributed by atoms with E-state index in [1.807, 2.05) is 0 Å². The van der Waals surface area contributed by atoms with E-state index in [4.69, 9.17) is 9.47 Å². The summed E-state index contributed by atoms with van der Waals surface area (Å²) in [4.78, 5) is 2.36. The number of rotatable bonds is 6. The van der Waals surface area contributed by atoms with Crippen LogP contribution in [0.15, 0.2) is 18.2 Å². The van der Waals surface area contributed by atoms with Crippen LogP contribution in [0.3, 0.4) is 0 Å². The van der Waals surface area contributed by atoms with Gasteiger partial charge in [-0.05, 0) is 50.7 Å². The number of benzene rings is 1. The van der Waals surface area contributed by atoms with E-state index in [9.17, 15) is 5.11 Å². The minimum Gasteiger partial charge on any atom is -0.387 e. The molecule has 1 aromatic carbocycles. The molecule has 24 heavy (non-hydrogen) atoms. The molecule has 2 aliphatic rings. The lowest BCUT2D eigenvalue weighted by molar-refractivity contribution is -0.0453. The van der Waals surface area contributed by atoms with E-state index >= 15 is 0 Å². The molecule has 0 saturated carbocycles. The molecule has 3 rings (SSSR count). The van der Waals surface area contributed by atoms with Crippen LogP contribution in [-0.2, 0) is 9.47 Å². The quantitative estimate of drug-likeness (QED) is 0.869. The van der Waals surface area contributed by atoms with Crippen molar-refractivity contribution in [1.29, 1.82) is 0 Å². The largest absolute Gasteiger partial charge is 0.387 e. The summed E-state index contributed by atoms with van der Waals surface area (Å²) in [6.07, 6.45) is 4.66. The number of aliphatic hydroxyl groups is 1. The molecular formula is C20H31NO3. The number of nitrogens with zero attached hydrogens (tertiary/aromatic N) is 1. The minimum atomic E-state index is -0.408. The third-order valence-electron chi connectivity index (χ3n) is 5.30. The summed E-state index contributed by atoms with van der Waals surface area (Å²) in [6, 6.07) is 6.30. The standard InChI is InChI=1S/C20H31NO3/c1-15-5-6-16(2)19(12-15)20(22)13-21-9-7-17(8-10-21)24-14-18-4-3-11-23-18/h5-6,12,17-18,20,22H,3-4,7-11,13-14H2,1-2H3/t18-,20+/m0/s1. The molecule has 4 heteroatoms. The van der Waals surface area contributed by atoms with Gasteiger partial charge in [0.05, 0.1) is 24.9 Å². The van der Waals surface area contributed by atoms with E-state index in [-0.39, 0.29) is 0 Å². The predicted molar refractivity (Wildman–Crippen MR) is 95.3 cm³/mol. The number of hydrogen-bond acceptors (Lipinski definition) is 4. The first kappa shape index (κ1) is 17.9. The lowest BCUT2D eigenvalue weighted by Gasteiger charge is -2.33. The Hall–Kier alpha value is -0.940. The second kappa shape index (κ2) is 8.43. The highest BCUT2D eigenvalue weighted by atomic mass is 16.5. The van der Waals surface area contributed by atoms with Gasteiger partial charge >= 0.3 is 0 Å². The highest BCUT2D eigenvalue weighted by molar-refractivity contribution is 5.32. The number of ether oxygens (including phenoxy) is 2. The highest BCUT2D eigenvalue weighted by Gasteiger charge is 2.24. The smallest absolute Gasteiger partial charge is 0.0919 e. The Morgan fingerprint density at radius 2 is 2.04 bits per heavy atom. The van der Waals surface area contributed by atoms with Gasteiger partial charge < -0.3 is 19.5 Å². The van der Waals surface area contributed by atoms with Gasteiger partial charge in [0, 0.05) is 26.2 Å². The Kier molecular flexibility index (Phi) is 6.28. The zero-order valence-electron chi connectivity index (χ0n) is 15.0. The Morgan fingerprint density at radius 1 is 1.25 bits per heavy atom. The molecule has 0 amide bonds. The van der Waals surface area contributed by atoms with E-state index in [1.54, 1.807) is 0 Å². The predicted octanol–water partition coefficient (Wildman–Crippen LogP) is 3.00. The molecule has 1 N–H and O–H groups in total. The van der Waals surface area contributed by atoms with Crippen LogP contribution in [0.5, 0.6) is 0 Å². The molecular weight excluding hydrogens is 302 g/mol. The molecule has 2 saturated heterocycles. The SMILES string of the molecule is Cc1ccc(C)c([C@H](O)CN2CCC(OC[C@@H]3CCCO3)CC2)c1. The van der Waals surface area contributed by atoms with E-state index in [1.165, 1.54) is 17.5 Å². The number of β-amino-alcohol motifs (C(OH)–C–C–N with tert-alkyl or cyclic N) is 1. The summed E-state index contributed by atoms with van der Waals surface area (Å²) >= 11 is 0. The van der Waals surface area contributed by atoms with E-state index in [0.717, 1.165) is 51.1 Å². The third kappa shape index (κ3) is 4.79. The molecule has 1 aromatic rings. The average Bonchev–Trinajstić information content (AvgIpc) is 3.10. The van der Waals surface area contributed by atoms with Crippen molar-refractivity contribution in [3.05, 3.63) is 34.9 Å². The molecule has 0 bridgehead atoms. The molecule has 134 valence electrons. The van der Waals surface area contributed by atoms with Gasteiger partial charge in [-0.25, -0.2) is 0 Å². The molecule has 0 radical (unpaired) electrons. The van der Waals surface area contributed by atoms with Crippen molar-refractivity contribution in [3.63, 3.8) is 0 Å². The number of aliphatic hydroxyl groups excluding tert-OH is 1. The summed E-state index contributed by atoms with van der Waals surface area (Å²) in [6.45, 7) is 8.49. The normalized spacial score (nSPS) is 24.4. The summed E-state index contributed by atoms with van der Waals surface area (Å²) in [5.74, 6) is 0.